The maximum Gasteiger partial charge on any atom is 0.302 e. The molecule has 5 N–H and O–H groups in total. The van der Waals surface area contributed by atoms with Gasteiger partial charge < -0.3 is 26.0 Å². The summed E-state index contributed by atoms with van der Waals surface area (Å²) in [6.45, 7) is 3.62. The molecule has 0 heterocycles. The van der Waals surface area contributed by atoms with Crippen molar-refractivity contribution in [3.05, 3.63) is 0 Å². The van der Waals surface area contributed by atoms with Gasteiger partial charge in [0.15, 0.2) is 0 Å². The number of nitrogens with two attached hydrogens (primary N) is 1. The van der Waals surface area contributed by atoms with E-state index in [-0.39, 0.29) is 25.1 Å². The molecule has 0 fully saturated rings. The lowest BCUT2D eigenvalue weighted by molar-refractivity contribution is -0.137. The van der Waals surface area contributed by atoms with Crippen LogP contribution in [0.4, 0.5) is 0 Å². The van der Waals surface area contributed by atoms with Gasteiger partial charge in [0, 0.05) is 26.9 Å². The second-order valence-electron chi connectivity index (χ2n) is 2.41. The van der Waals surface area contributed by atoms with Gasteiger partial charge in [-0.25, -0.2) is 0 Å². The van der Waals surface area contributed by atoms with Gasteiger partial charge in [-0.15, -0.1) is 0 Å². The summed E-state index contributed by atoms with van der Waals surface area (Å²) in [5.41, 5.74) is 4.78. The molecular weight excluding hydrogens is 216 g/mol. The van der Waals surface area contributed by atoms with Crippen LogP contribution in [0.1, 0.15) is 13.8 Å². The van der Waals surface area contributed by atoms with E-state index in [0.717, 1.165) is 0 Å². The van der Waals surface area contributed by atoms with Gasteiger partial charge >= 0.3 is 5.97 Å². The van der Waals surface area contributed by atoms with Crippen LogP contribution in [0.2, 0.25) is 0 Å². The Bertz CT molecular complexity index is 162. The number of methoxy groups -OCH3 is 1. The molecular formula is C9H22N2O5. The fourth-order valence-corrected chi connectivity index (χ4v) is 0.232. The molecule has 0 bridgehead atoms. The number of hydrogen-bond donors (Lipinski definition) is 4. The number of nitrogens with one attached hydrogen (secondary N) is 1. The Hall–Kier alpha value is -1.18. The normalized spacial score (nSPS) is 7.62. The highest BCUT2D eigenvalue weighted by Crippen LogP contribution is 1.60. The molecule has 0 saturated heterocycles. The number of rotatable bonds is 3. The first-order valence-corrected chi connectivity index (χ1v) is 4.66. The van der Waals surface area contributed by atoms with E-state index in [0.29, 0.717) is 13.1 Å². The molecule has 0 rings (SSSR count). The second-order valence-corrected chi connectivity index (χ2v) is 2.41. The van der Waals surface area contributed by atoms with Gasteiger partial charge in [0.1, 0.15) is 0 Å². The predicted molar refractivity (Wildman–Crippen MR) is 59.6 cm³/mol. The number of carbonyl (C=O) groups is 2. The van der Waals surface area contributed by atoms with E-state index in [1.54, 1.807) is 0 Å². The summed E-state index contributed by atoms with van der Waals surface area (Å²) in [5.74, 6) is -0.348. The van der Waals surface area contributed by atoms with Gasteiger partial charge in [0.2, 0.25) is 5.91 Å². The molecule has 0 aromatic heterocycles. The molecule has 98 valence electrons. The SMILES string of the molecule is CC(=O)NCCO.COC(C)=O.NCCO. The summed E-state index contributed by atoms with van der Waals surface area (Å²) in [6.07, 6.45) is 0. The fraction of sp³-hybridized carbons (Fsp3) is 0.778. The highest BCUT2D eigenvalue weighted by atomic mass is 16.5. The lowest BCUT2D eigenvalue weighted by Crippen LogP contribution is -2.22. The largest absolute Gasteiger partial charge is 0.469 e. The van der Waals surface area contributed by atoms with Crippen molar-refractivity contribution in [1.82, 2.24) is 5.32 Å². The van der Waals surface area contributed by atoms with Crippen LogP contribution in [0, 0.1) is 0 Å². The van der Waals surface area contributed by atoms with E-state index in [2.05, 4.69) is 10.1 Å². The molecule has 16 heavy (non-hydrogen) atoms. The zero-order chi connectivity index (χ0) is 13.4. The van der Waals surface area contributed by atoms with E-state index < -0.39 is 0 Å². The van der Waals surface area contributed by atoms with Crippen LogP contribution in [0.15, 0.2) is 0 Å². The number of aliphatic hydroxyl groups is 2. The Labute approximate surface area is 95.6 Å². The molecule has 7 heteroatoms. The number of esters is 1. The Morgan fingerprint density at radius 3 is 1.69 bits per heavy atom. The number of ether oxygens (including phenoxy) is 1. The summed E-state index contributed by atoms with van der Waals surface area (Å²) < 4.78 is 4.11. The predicted octanol–water partition coefficient (Wildman–Crippen LogP) is -1.77. The van der Waals surface area contributed by atoms with E-state index in [4.69, 9.17) is 15.9 Å². The van der Waals surface area contributed by atoms with E-state index in [9.17, 15) is 9.59 Å². The summed E-state index contributed by atoms with van der Waals surface area (Å²) in [7, 11) is 1.35. The maximum atomic E-state index is 9.98. The van der Waals surface area contributed by atoms with Gasteiger partial charge in [-0.05, 0) is 0 Å². The van der Waals surface area contributed by atoms with Crippen molar-refractivity contribution in [1.29, 1.82) is 0 Å². The molecule has 0 aromatic carbocycles. The number of hydrogen-bond acceptors (Lipinski definition) is 6. The Kier molecular flexibility index (Phi) is 24.6. The zero-order valence-corrected chi connectivity index (χ0v) is 10.0. The third-order valence-corrected chi connectivity index (χ3v) is 0.902. The third-order valence-electron chi connectivity index (χ3n) is 0.902. The van der Waals surface area contributed by atoms with E-state index in [1.165, 1.54) is 21.0 Å². The van der Waals surface area contributed by atoms with Crippen molar-refractivity contribution >= 4 is 11.9 Å². The van der Waals surface area contributed by atoms with Crippen molar-refractivity contribution in [3.8, 4) is 0 Å². The zero-order valence-electron chi connectivity index (χ0n) is 10.0. The molecule has 7 nitrogen and oxygen atoms in total. The average molecular weight is 238 g/mol. The van der Waals surface area contributed by atoms with Gasteiger partial charge in [0.25, 0.3) is 0 Å². The summed E-state index contributed by atoms with van der Waals surface area (Å²) in [4.78, 5) is 19.6. The number of aliphatic hydroxyl groups excluding tert-OH is 2. The first kappa shape index (κ1) is 20.3. The van der Waals surface area contributed by atoms with Crippen molar-refractivity contribution in [3.63, 3.8) is 0 Å². The molecule has 0 aliphatic carbocycles. The monoisotopic (exact) mass is 238 g/mol. The first-order valence-electron chi connectivity index (χ1n) is 4.66. The standard InChI is InChI=1S/C4H9NO2.C3H6O2.C2H7NO/c1-4(7)5-2-3-6;1-3(4)5-2;3-1-2-4/h6H,2-3H2,1H3,(H,5,7);1-2H3;4H,1-3H2. The van der Waals surface area contributed by atoms with Crippen LogP contribution >= 0.6 is 0 Å². The van der Waals surface area contributed by atoms with E-state index >= 15 is 0 Å². The second kappa shape index (κ2) is 19.4. The van der Waals surface area contributed by atoms with Gasteiger partial charge in [0.05, 0.1) is 20.3 Å². The van der Waals surface area contributed by atoms with Crippen molar-refractivity contribution < 1.29 is 24.5 Å². The quantitative estimate of drug-likeness (QED) is 0.432. The lowest BCUT2D eigenvalue weighted by atomic mass is 10.6. The molecule has 0 aromatic rings. The van der Waals surface area contributed by atoms with Crippen LogP contribution in [0.25, 0.3) is 0 Å². The molecule has 0 aliphatic rings. The van der Waals surface area contributed by atoms with Crippen LogP contribution in [0.3, 0.4) is 0 Å². The third kappa shape index (κ3) is 52.9. The minimum Gasteiger partial charge on any atom is -0.469 e. The molecule has 0 atom stereocenters. The lowest BCUT2D eigenvalue weighted by Gasteiger charge is -1.93. The van der Waals surface area contributed by atoms with Crippen molar-refractivity contribution in [2.75, 3.05) is 33.4 Å². The fourth-order valence-electron chi connectivity index (χ4n) is 0.232. The van der Waals surface area contributed by atoms with Gasteiger partial charge in [-0.2, -0.15) is 0 Å². The Balaban J connectivity index is -0.000000166. The highest BCUT2D eigenvalue weighted by Gasteiger charge is 1.83. The Morgan fingerprint density at radius 1 is 1.25 bits per heavy atom. The van der Waals surface area contributed by atoms with Crippen LogP contribution < -0.4 is 11.1 Å². The topological polar surface area (TPSA) is 122 Å². The summed E-state index contributed by atoms with van der Waals surface area (Å²) >= 11 is 0. The number of amides is 1. The molecule has 0 aliphatic heterocycles. The van der Waals surface area contributed by atoms with E-state index in [1.807, 2.05) is 0 Å². The smallest absolute Gasteiger partial charge is 0.302 e. The van der Waals surface area contributed by atoms with Gasteiger partial charge in [-0.3, -0.25) is 9.59 Å². The Morgan fingerprint density at radius 2 is 1.62 bits per heavy atom. The number of carbonyl (C=O) groups excluding carboxylic acids is 2. The summed E-state index contributed by atoms with van der Waals surface area (Å²) in [6, 6.07) is 0. The first-order chi connectivity index (χ1) is 7.45. The van der Waals surface area contributed by atoms with Crippen molar-refractivity contribution in [2.24, 2.45) is 5.73 Å². The minimum absolute atomic E-state index is 0.0135. The van der Waals surface area contributed by atoms with Crippen LogP contribution in [-0.2, 0) is 14.3 Å². The molecule has 0 saturated carbocycles. The molecule has 0 spiro atoms. The van der Waals surface area contributed by atoms with Gasteiger partial charge in [-0.1, -0.05) is 0 Å². The summed E-state index contributed by atoms with van der Waals surface area (Å²) in [5, 5.41) is 18.3. The van der Waals surface area contributed by atoms with Crippen LogP contribution in [0.5, 0.6) is 0 Å². The molecule has 0 radical (unpaired) electrons. The average Bonchev–Trinajstić information content (AvgIpc) is 2.27. The highest BCUT2D eigenvalue weighted by molar-refractivity contribution is 5.72. The maximum absolute atomic E-state index is 9.98. The van der Waals surface area contributed by atoms with Crippen molar-refractivity contribution in [2.45, 2.75) is 13.8 Å². The van der Waals surface area contributed by atoms with Crippen LogP contribution in [-0.4, -0.2) is 55.5 Å². The molecule has 0 unspecified atom stereocenters. The minimum atomic E-state index is -0.245. The molecule has 1 amide bonds.